The first kappa shape index (κ1) is 23.5. The summed E-state index contributed by atoms with van der Waals surface area (Å²) in [5, 5.41) is 0. The Labute approximate surface area is 199 Å². The van der Waals surface area contributed by atoms with Gasteiger partial charge in [0.25, 0.3) is 15.9 Å². The molecule has 1 atom stereocenters. The number of carbonyl (C=O) groups is 2. The van der Waals surface area contributed by atoms with Crippen LogP contribution >= 0.6 is 0 Å². The van der Waals surface area contributed by atoms with Gasteiger partial charge in [0.15, 0.2) is 6.10 Å². The van der Waals surface area contributed by atoms with Crippen LogP contribution in [-0.4, -0.2) is 39.5 Å². The number of ether oxygens (including phenoxy) is 1. The second-order valence-electron chi connectivity index (χ2n) is 7.95. The standard InChI is InChI=1S/C26H26N2O5S/c1-3-28(22-12-5-4-6-13-22)34(31,32)23-14-9-11-21(18-23)26(30)33-19(2)25(29)27-17-16-20-10-7-8-15-24(20)27/h4-15,18-19H,3,16-17H2,1-2H3. The van der Waals surface area contributed by atoms with Gasteiger partial charge in [-0.25, -0.2) is 13.2 Å². The van der Waals surface area contributed by atoms with Crippen LogP contribution in [0.1, 0.15) is 29.8 Å². The van der Waals surface area contributed by atoms with Gasteiger partial charge >= 0.3 is 5.97 Å². The van der Waals surface area contributed by atoms with E-state index in [9.17, 15) is 18.0 Å². The Hall–Kier alpha value is -3.65. The smallest absolute Gasteiger partial charge is 0.338 e. The van der Waals surface area contributed by atoms with Crippen LogP contribution in [0.25, 0.3) is 0 Å². The fourth-order valence-electron chi connectivity index (χ4n) is 4.06. The van der Waals surface area contributed by atoms with Crippen molar-refractivity contribution in [3.05, 3.63) is 90.0 Å². The number of hydrogen-bond acceptors (Lipinski definition) is 5. The van der Waals surface area contributed by atoms with Crippen LogP contribution in [0.5, 0.6) is 0 Å². The maximum absolute atomic E-state index is 13.3. The fourth-order valence-corrected chi connectivity index (χ4v) is 5.58. The first-order valence-corrected chi connectivity index (χ1v) is 12.5. The zero-order chi connectivity index (χ0) is 24.3. The highest BCUT2D eigenvalue weighted by atomic mass is 32.2. The van der Waals surface area contributed by atoms with Crippen LogP contribution in [0.15, 0.2) is 83.8 Å². The number of benzene rings is 3. The second-order valence-corrected chi connectivity index (χ2v) is 9.81. The molecule has 176 valence electrons. The van der Waals surface area contributed by atoms with Gasteiger partial charge in [-0.2, -0.15) is 0 Å². The van der Waals surface area contributed by atoms with E-state index in [1.165, 1.54) is 35.5 Å². The third-order valence-electron chi connectivity index (χ3n) is 5.77. The Bertz CT molecular complexity index is 1310. The van der Waals surface area contributed by atoms with Crippen molar-refractivity contribution in [3.63, 3.8) is 0 Å². The van der Waals surface area contributed by atoms with E-state index in [0.717, 1.165) is 17.7 Å². The van der Waals surface area contributed by atoms with E-state index in [1.54, 1.807) is 36.1 Å². The van der Waals surface area contributed by atoms with Crippen molar-refractivity contribution in [1.82, 2.24) is 0 Å². The highest BCUT2D eigenvalue weighted by Crippen LogP contribution is 2.28. The Kier molecular flexibility index (Phi) is 6.70. The van der Waals surface area contributed by atoms with E-state index in [-0.39, 0.29) is 22.9 Å². The maximum atomic E-state index is 13.3. The zero-order valence-electron chi connectivity index (χ0n) is 19.0. The van der Waals surface area contributed by atoms with Gasteiger partial charge in [-0.05, 0) is 62.2 Å². The highest BCUT2D eigenvalue weighted by Gasteiger charge is 2.30. The van der Waals surface area contributed by atoms with Crippen LogP contribution in [0.2, 0.25) is 0 Å². The SMILES string of the molecule is CCN(c1ccccc1)S(=O)(=O)c1cccc(C(=O)OC(C)C(=O)N2CCc3ccccc32)c1. The highest BCUT2D eigenvalue weighted by molar-refractivity contribution is 7.92. The third-order valence-corrected chi connectivity index (χ3v) is 7.67. The first-order valence-electron chi connectivity index (χ1n) is 11.1. The van der Waals surface area contributed by atoms with E-state index in [1.807, 2.05) is 30.3 Å². The molecule has 1 amide bonds. The topological polar surface area (TPSA) is 84.0 Å². The minimum absolute atomic E-state index is 0.0277. The minimum Gasteiger partial charge on any atom is -0.449 e. The molecule has 0 saturated carbocycles. The lowest BCUT2D eigenvalue weighted by Gasteiger charge is -2.23. The van der Waals surface area contributed by atoms with E-state index < -0.39 is 22.1 Å². The Morgan fingerprint density at radius 2 is 1.71 bits per heavy atom. The molecule has 7 nitrogen and oxygen atoms in total. The van der Waals surface area contributed by atoms with E-state index in [2.05, 4.69) is 0 Å². The van der Waals surface area contributed by atoms with Crippen LogP contribution < -0.4 is 9.21 Å². The number of rotatable bonds is 7. The summed E-state index contributed by atoms with van der Waals surface area (Å²) in [5.74, 6) is -1.07. The van der Waals surface area contributed by atoms with E-state index in [0.29, 0.717) is 12.2 Å². The van der Waals surface area contributed by atoms with Gasteiger partial charge in [0.2, 0.25) is 0 Å². The molecule has 1 unspecified atom stereocenters. The van der Waals surface area contributed by atoms with Crippen molar-refractivity contribution in [2.45, 2.75) is 31.3 Å². The summed E-state index contributed by atoms with van der Waals surface area (Å²) in [6.45, 7) is 4.02. The molecule has 0 saturated heterocycles. The van der Waals surface area contributed by atoms with Gasteiger partial charge in [0.05, 0.1) is 16.1 Å². The molecule has 0 radical (unpaired) electrons. The molecule has 0 N–H and O–H groups in total. The molecule has 0 aliphatic carbocycles. The fraction of sp³-hybridized carbons (Fsp3) is 0.231. The van der Waals surface area contributed by atoms with Gasteiger partial charge in [0.1, 0.15) is 0 Å². The first-order chi connectivity index (χ1) is 16.3. The third kappa shape index (κ3) is 4.54. The van der Waals surface area contributed by atoms with Crippen molar-refractivity contribution in [3.8, 4) is 0 Å². The summed E-state index contributed by atoms with van der Waals surface area (Å²) in [5.41, 5.74) is 2.49. The number of fused-ring (bicyclic) bond motifs is 1. The summed E-state index contributed by atoms with van der Waals surface area (Å²) in [4.78, 5) is 27.3. The largest absolute Gasteiger partial charge is 0.449 e. The van der Waals surface area contributed by atoms with Gasteiger partial charge in [-0.15, -0.1) is 0 Å². The lowest BCUT2D eigenvalue weighted by atomic mass is 10.2. The monoisotopic (exact) mass is 478 g/mol. The maximum Gasteiger partial charge on any atom is 0.338 e. The van der Waals surface area contributed by atoms with Crippen molar-refractivity contribution in [1.29, 1.82) is 0 Å². The predicted molar refractivity (Wildman–Crippen MR) is 130 cm³/mol. The normalized spacial score (nSPS) is 13.8. The number of nitrogens with zero attached hydrogens (tertiary/aromatic N) is 2. The Morgan fingerprint density at radius 1 is 1.00 bits per heavy atom. The van der Waals surface area contributed by atoms with Crippen LogP contribution in [0.3, 0.4) is 0 Å². The van der Waals surface area contributed by atoms with Crippen LogP contribution in [-0.2, 0) is 26.0 Å². The molecular weight excluding hydrogens is 452 g/mol. The van der Waals surface area contributed by atoms with Crippen LogP contribution in [0, 0.1) is 0 Å². The van der Waals surface area contributed by atoms with E-state index in [4.69, 9.17) is 4.74 Å². The lowest BCUT2D eigenvalue weighted by molar-refractivity contribution is -0.126. The molecule has 1 heterocycles. The molecule has 1 aliphatic heterocycles. The van der Waals surface area contributed by atoms with Gasteiger partial charge < -0.3 is 9.64 Å². The van der Waals surface area contributed by atoms with Gasteiger partial charge in [-0.3, -0.25) is 9.10 Å². The number of hydrogen-bond donors (Lipinski definition) is 0. The second kappa shape index (κ2) is 9.69. The number of sulfonamides is 1. The molecule has 3 aromatic rings. The number of para-hydroxylation sites is 2. The average Bonchev–Trinajstić information content (AvgIpc) is 3.28. The molecule has 1 aliphatic rings. The summed E-state index contributed by atoms with van der Waals surface area (Å²) in [7, 11) is -3.90. The Balaban J connectivity index is 1.51. The minimum atomic E-state index is -3.90. The van der Waals surface area contributed by atoms with E-state index >= 15 is 0 Å². The quantitative estimate of drug-likeness (QED) is 0.479. The average molecular weight is 479 g/mol. The number of anilines is 2. The summed E-state index contributed by atoms with van der Waals surface area (Å²) in [6, 6.07) is 22.1. The summed E-state index contributed by atoms with van der Waals surface area (Å²) >= 11 is 0. The van der Waals surface area contributed by atoms with Crippen molar-refractivity contribution in [2.75, 3.05) is 22.3 Å². The summed E-state index contributed by atoms with van der Waals surface area (Å²) in [6.07, 6.45) is -0.270. The van der Waals surface area contributed by atoms with Gasteiger partial charge in [0, 0.05) is 18.8 Å². The van der Waals surface area contributed by atoms with Crippen molar-refractivity contribution >= 4 is 33.3 Å². The lowest BCUT2D eigenvalue weighted by Crippen LogP contribution is -2.39. The van der Waals surface area contributed by atoms with Crippen molar-refractivity contribution < 1.29 is 22.7 Å². The predicted octanol–water partition coefficient (Wildman–Crippen LogP) is 4.04. The Morgan fingerprint density at radius 3 is 2.44 bits per heavy atom. The molecule has 34 heavy (non-hydrogen) atoms. The van der Waals surface area contributed by atoms with Crippen LogP contribution in [0.4, 0.5) is 11.4 Å². The molecular formula is C26H26N2O5S. The molecule has 3 aromatic carbocycles. The summed E-state index contributed by atoms with van der Waals surface area (Å²) < 4.78 is 33.2. The molecule has 0 aromatic heterocycles. The number of carbonyl (C=O) groups excluding carboxylic acids is 2. The molecule has 0 fully saturated rings. The molecule has 8 heteroatoms. The molecule has 0 spiro atoms. The molecule has 0 bridgehead atoms. The number of esters is 1. The zero-order valence-corrected chi connectivity index (χ0v) is 19.9. The van der Waals surface area contributed by atoms with Crippen molar-refractivity contribution in [2.24, 2.45) is 0 Å². The van der Waals surface area contributed by atoms with Gasteiger partial charge in [-0.1, -0.05) is 42.5 Å². The molecule has 4 rings (SSSR count). The number of amides is 1.